The van der Waals surface area contributed by atoms with Gasteiger partial charge in [0.05, 0.1) is 32.5 Å². The summed E-state index contributed by atoms with van der Waals surface area (Å²) in [6.07, 6.45) is 2.55. The highest BCUT2D eigenvalue weighted by Gasteiger charge is 2.40. The molecule has 4 rings (SSSR count). The maximum absolute atomic E-state index is 15.6. The zero-order valence-electron chi connectivity index (χ0n) is 22.9. The summed E-state index contributed by atoms with van der Waals surface area (Å²) in [7, 11) is 3.17. The molecular formula is C29H41F2N5O2. The Kier molecular flexibility index (Phi) is 8.90. The van der Waals surface area contributed by atoms with Crippen molar-refractivity contribution in [3.05, 3.63) is 52.6 Å². The van der Waals surface area contributed by atoms with E-state index in [0.29, 0.717) is 30.3 Å². The van der Waals surface area contributed by atoms with Crippen LogP contribution in [0, 0.1) is 5.41 Å². The van der Waals surface area contributed by atoms with Gasteiger partial charge in [0.1, 0.15) is 11.4 Å². The number of nitrogens with two attached hydrogens (primary N) is 1. The molecule has 4 N–H and O–H groups in total. The monoisotopic (exact) mass is 529 g/mol. The van der Waals surface area contributed by atoms with Crippen LogP contribution >= 0.6 is 0 Å². The topological polar surface area (TPSA) is 86.8 Å². The second-order valence-electron chi connectivity index (χ2n) is 10.9. The normalized spacial score (nSPS) is 21.8. The molecule has 0 aliphatic carbocycles. The van der Waals surface area contributed by atoms with E-state index in [1.165, 1.54) is 13.3 Å². The van der Waals surface area contributed by atoms with E-state index in [1.807, 2.05) is 30.3 Å². The smallest absolute Gasteiger partial charge is 0.144 e. The van der Waals surface area contributed by atoms with E-state index in [9.17, 15) is 4.39 Å². The van der Waals surface area contributed by atoms with Crippen LogP contribution in [0.25, 0.3) is 0 Å². The minimum absolute atomic E-state index is 0.00674. The zero-order chi connectivity index (χ0) is 27.4. The molecule has 1 unspecified atom stereocenters. The fourth-order valence-corrected chi connectivity index (χ4v) is 5.91. The van der Waals surface area contributed by atoms with Gasteiger partial charge in [-0.15, -0.1) is 0 Å². The van der Waals surface area contributed by atoms with Crippen LogP contribution in [-0.4, -0.2) is 87.4 Å². The Morgan fingerprint density at radius 3 is 2.61 bits per heavy atom. The first-order valence-electron chi connectivity index (χ1n) is 13.3. The predicted octanol–water partition coefficient (Wildman–Crippen LogP) is 4.44. The fourth-order valence-electron chi connectivity index (χ4n) is 5.91. The number of nitrogens with one attached hydrogen (secondary N) is 2. The van der Waals surface area contributed by atoms with Crippen molar-refractivity contribution in [1.29, 1.82) is 5.41 Å². The Labute approximate surface area is 224 Å². The molecular weight excluding hydrogens is 488 g/mol. The summed E-state index contributed by atoms with van der Waals surface area (Å²) in [6.45, 7) is 6.09. The fraction of sp³-hybridized carbons (Fsp3) is 0.552. The van der Waals surface area contributed by atoms with Crippen LogP contribution in [0.15, 0.2) is 30.3 Å². The molecule has 2 aromatic rings. The average molecular weight is 530 g/mol. The number of nitrogen functional groups attached to an aromatic ring is 1. The summed E-state index contributed by atoms with van der Waals surface area (Å²) in [5.74, 6) is 0.708. The molecule has 1 saturated heterocycles. The molecule has 0 spiro atoms. The number of ether oxygens (including phenoxy) is 2. The van der Waals surface area contributed by atoms with Crippen molar-refractivity contribution in [3.63, 3.8) is 0 Å². The molecule has 1 fully saturated rings. The molecule has 3 atom stereocenters. The van der Waals surface area contributed by atoms with Crippen LogP contribution in [0.2, 0.25) is 0 Å². The Morgan fingerprint density at radius 1 is 1.21 bits per heavy atom. The first-order chi connectivity index (χ1) is 18.2. The summed E-state index contributed by atoms with van der Waals surface area (Å²) >= 11 is 0. The summed E-state index contributed by atoms with van der Waals surface area (Å²) in [5.41, 5.74) is 9.88. The largest absolute Gasteiger partial charge is 0.496 e. The second kappa shape index (κ2) is 12.0. The number of anilines is 2. The van der Waals surface area contributed by atoms with Gasteiger partial charge in [0.15, 0.2) is 0 Å². The maximum atomic E-state index is 15.6. The molecule has 2 heterocycles. The number of hydrogen-bond acceptors (Lipinski definition) is 7. The third-order valence-corrected chi connectivity index (χ3v) is 7.68. The van der Waals surface area contributed by atoms with Gasteiger partial charge in [-0.1, -0.05) is 12.1 Å². The van der Waals surface area contributed by atoms with Crippen molar-refractivity contribution in [2.75, 3.05) is 64.7 Å². The third-order valence-electron chi connectivity index (χ3n) is 7.68. The van der Waals surface area contributed by atoms with Crippen LogP contribution in [0.3, 0.4) is 0 Å². The summed E-state index contributed by atoms with van der Waals surface area (Å²) < 4.78 is 39.1. The summed E-state index contributed by atoms with van der Waals surface area (Å²) in [5, 5.41) is 11.6. The van der Waals surface area contributed by atoms with Crippen LogP contribution in [-0.2, 0) is 11.2 Å². The number of benzene rings is 2. The predicted molar refractivity (Wildman–Crippen MR) is 149 cm³/mol. The van der Waals surface area contributed by atoms with Gasteiger partial charge in [0.25, 0.3) is 0 Å². The standard InChI is InChI=1S/C29H41F2N5O2/c1-19-12-24-22(8-9-26(33)25(24)14-32)28(36(19)17-29(2,31)18-37-3)23-7-6-20(13-27(23)38-4)34-21-15-35(16-21)11-5-10-30/h6-9,13-14,19,21,28,32,34H,5,10-12,15-18,33H2,1-4H3/t19-,28+,29?/m1/s1. The lowest BCUT2D eigenvalue weighted by molar-refractivity contribution is 0.00195. The molecule has 0 aromatic heterocycles. The van der Waals surface area contributed by atoms with Crippen LogP contribution < -0.4 is 15.8 Å². The second-order valence-corrected chi connectivity index (χ2v) is 10.9. The quantitative estimate of drug-likeness (QED) is 0.278. The van der Waals surface area contributed by atoms with Gasteiger partial charge in [-0.3, -0.25) is 14.2 Å². The minimum atomic E-state index is -1.55. The zero-order valence-corrected chi connectivity index (χ0v) is 22.9. The lowest BCUT2D eigenvalue weighted by Crippen LogP contribution is -2.54. The van der Waals surface area contributed by atoms with Crippen LogP contribution in [0.1, 0.15) is 48.6 Å². The van der Waals surface area contributed by atoms with E-state index in [1.54, 1.807) is 14.0 Å². The molecule has 38 heavy (non-hydrogen) atoms. The molecule has 0 radical (unpaired) electrons. The van der Waals surface area contributed by atoms with Crippen molar-refractivity contribution >= 4 is 17.6 Å². The maximum Gasteiger partial charge on any atom is 0.144 e. The van der Waals surface area contributed by atoms with E-state index in [-0.39, 0.29) is 31.9 Å². The number of nitrogens with zero attached hydrogens (tertiary/aromatic N) is 2. The minimum Gasteiger partial charge on any atom is -0.496 e. The lowest BCUT2D eigenvalue weighted by atomic mass is 9.81. The van der Waals surface area contributed by atoms with Crippen molar-refractivity contribution in [3.8, 4) is 5.75 Å². The molecule has 2 aliphatic rings. The molecule has 208 valence electrons. The number of likely N-dealkylation sites (tertiary alicyclic amines) is 1. The van der Waals surface area contributed by atoms with Crippen molar-refractivity contribution < 1.29 is 18.3 Å². The van der Waals surface area contributed by atoms with Crippen LogP contribution in [0.4, 0.5) is 20.2 Å². The highest BCUT2D eigenvalue weighted by molar-refractivity contribution is 5.88. The van der Waals surface area contributed by atoms with Gasteiger partial charge in [0.2, 0.25) is 0 Å². The average Bonchev–Trinajstić information content (AvgIpc) is 2.86. The van der Waals surface area contributed by atoms with E-state index in [0.717, 1.165) is 47.6 Å². The Morgan fingerprint density at radius 2 is 1.95 bits per heavy atom. The van der Waals surface area contributed by atoms with Gasteiger partial charge in [-0.05, 0) is 49.9 Å². The Balaban J connectivity index is 1.69. The molecule has 9 heteroatoms. The number of alkyl halides is 2. The van der Waals surface area contributed by atoms with Crippen LogP contribution in [0.5, 0.6) is 5.75 Å². The number of fused-ring (bicyclic) bond motifs is 1. The lowest BCUT2D eigenvalue weighted by Gasteiger charge is -2.45. The highest BCUT2D eigenvalue weighted by atomic mass is 19.1. The molecule has 0 saturated carbocycles. The van der Waals surface area contributed by atoms with Crippen molar-refractivity contribution in [2.45, 2.75) is 50.5 Å². The highest BCUT2D eigenvalue weighted by Crippen LogP contribution is 2.44. The van der Waals surface area contributed by atoms with Crippen molar-refractivity contribution in [1.82, 2.24) is 9.80 Å². The van der Waals surface area contributed by atoms with E-state index in [4.69, 9.17) is 20.6 Å². The SMILES string of the molecule is COCC(C)(F)CN1[C@H](c2ccc(NC3CN(CCCF)C3)cc2OC)c2ccc(N)c(C=N)c2C[C@H]1C. The molecule has 2 aromatic carbocycles. The van der Waals surface area contributed by atoms with E-state index < -0.39 is 5.67 Å². The summed E-state index contributed by atoms with van der Waals surface area (Å²) in [6, 6.07) is 9.92. The Bertz CT molecular complexity index is 1120. The molecule has 2 aliphatic heterocycles. The summed E-state index contributed by atoms with van der Waals surface area (Å²) in [4.78, 5) is 4.41. The van der Waals surface area contributed by atoms with Gasteiger partial charge in [-0.25, -0.2) is 4.39 Å². The van der Waals surface area contributed by atoms with E-state index >= 15 is 4.39 Å². The first kappa shape index (κ1) is 28.3. The van der Waals surface area contributed by atoms with Gasteiger partial charge < -0.3 is 25.9 Å². The van der Waals surface area contributed by atoms with Gasteiger partial charge in [-0.2, -0.15) is 0 Å². The van der Waals surface area contributed by atoms with Gasteiger partial charge >= 0.3 is 0 Å². The first-order valence-corrected chi connectivity index (χ1v) is 13.3. The van der Waals surface area contributed by atoms with Gasteiger partial charge in [0, 0.05) is 74.1 Å². The number of methoxy groups -OCH3 is 2. The number of rotatable bonds is 12. The number of halogens is 2. The molecule has 0 bridgehead atoms. The molecule has 7 nitrogen and oxygen atoms in total. The van der Waals surface area contributed by atoms with E-state index in [2.05, 4.69) is 22.0 Å². The number of hydrogen-bond donors (Lipinski definition) is 3. The third kappa shape index (κ3) is 5.95. The molecule has 0 amide bonds. The van der Waals surface area contributed by atoms with Crippen molar-refractivity contribution in [2.24, 2.45) is 0 Å². The Hall–Kier alpha value is -2.75.